The molecule has 0 radical (unpaired) electrons. The molecule has 0 spiro atoms. The lowest BCUT2D eigenvalue weighted by molar-refractivity contribution is -0.184. The third-order valence-corrected chi connectivity index (χ3v) is 7.06. The summed E-state index contributed by atoms with van der Waals surface area (Å²) in [6, 6.07) is 0. The van der Waals surface area contributed by atoms with E-state index in [0.717, 1.165) is 38.3 Å². The van der Waals surface area contributed by atoms with Gasteiger partial charge < -0.3 is 15.4 Å². The molecule has 2 N–H and O–H groups in total. The van der Waals surface area contributed by atoms with E-state index in [1.54, 1.807) is 0 Å². The zero-order valence-corrected chi connectivity index (χ0v) is 13.5. The summed E-state index contributed by atoms with van der Waals surface area (Å²) in [5, 5.41) is 0.565. The van der Waals surface area contributed by atoms with Crippen molar-refractivity contribution in [2.24, 2.45) is 17.1 Å². The average Bonchev–Trinajstić information content (AvgIpc) is 2.94. The molecule has 1 aliphatic carbocycles. The van der Waals surface area contributed by atoms with Gasteiger partial charge >= 0.3 is 0 Å². The van der Waals surface area contributed by atoms with Crippen molar-refractivity contribution >= 4 is 17.7 Å². The number of ether oxygens (including phenoxy) is 1. The normalized spacial score (nSPS) is 43.0. The summed E-state index contributed by atoms with van der Waals surface area (Å²) in [5.41, 5.74) is 5.67. The van der Waals surface area contributed by atoms with Gasteiger partial charge in [0.05, 0.1) is 6.10 Å². The van der Waals surface area contributed by atoms with Crippen LogP contribution >= 0.6 is 11.8 Å². The van der Waals surface area contributed by atoms with Crippen molar-refractivity contribution in [2.45, 2.75) is 50.5 Å². The van der Waals surface area contributed by atoms with Crippen LogP contribution in [0.3, 0.4) is 0 Å². The molecule has 4 nitrogen and oxygen atoms in total. The molecule has 2 saturated heterocycles. The number of carbonyl (C=O) groups excluding carboxylic acids is 1. The first kappa shape index (κ1) is 14.7. The van der Waals surface area contributed by atoms with E-state index in [9.17, 15) is 4.79 Å². The van der Waals surface area contributed by atoms with Crippen LogP contribution in [0.15, 0.2) is 0 Å². The molecule has 0 aromatic carbocycles. The molecular weight excluding hydrogens is 272 g/mol. The van der Waals surface area contributed by atoms with Gasteiger partial charge in [0.2, 0.25) is 5.91 Å². The van der Waals surface area contributed by atoms with E-state index in [0.29, 0.717) is 5.25 Å². The number of rotatable bonds is 2. The predicted molar refractivity (Wildman–Crippen MR) is 81.7 cm³/mol. The summed E-state index contributed by atoms with van der Waals surface area (Å²) < 4.78 is 5.79. The van der Waals surface area contributed by atoms with Gasteiger partial charge in [0.1, 0.15) is 5.54 Å². The second-order valence-corrected chi connectivity index (χ2v) is 8.34. The molecule has 5 heteroatoms. The molecule has 4 atom stereocenters. The number of hydrogen-bond acceptors (Lipinski definition) is 4. The van der Waals surface area contributed by atoms with E-state index in [-0.39, 0.29) is 23.3 Å². The SMILES string of the molecule is CCC1CN(C(=O)C2(N)C3CCOC3C2(C)C)CCS1. The number of carbonyl (C=O) groups is 1. The molecule has 20 heavy (non-hydrogen) atoms. The van der Waals surface area contributed by atoms with E-state index >= 15 is 0 Å². The second kappa shape index (κ2) is 4.89. The lowest BCUT2D eigenvalue weighted by Crippen LogP contribution is -2.80. The van der Waals surface area contributed by atoms with Gasteiger partial charge in [-0.1, -0.05) is 20.8 Å². The highest BCUT2D eigenvalue weighted by Crippen LogP contribution is 2.58. The molecule has 1 saturated carbocycles. The van der Waals surface area contributed by atoms with E-state index in [1.807, 2.05) is 16.7 Å². The second-order valence-electron chi connectivity index (χ2n) is 6.93. The van der Waals surface area contributed by atoms with Crippen LogP contribution in [0.2, 0.25) is 0 Å². The molecule has 2 heterocycles. The minimum atomic E-state index is -0.728. The summed E-state index contributed by atoms with van der Waals surface area (Å²) in [7, 11) is 0. The van der Waals surface area contributed by atoms with Crippen molar-refractivity contribution in [1.29, 1.82) is 0 Å². The predicted octanol–water partition coefficient (Wildman–Crippen LogP) is 1.48. The minimum absolute atomic E-state index is 0.160. The topological polar surface area (TPSA) is 55.6 Å². The monoisotopic (exact) mass is 298 g/mol. The van der Waals surface area contributed by atoms with Crippen molar-refractivity contribution in [1.82, 2.24) is 4.90 Å². The largest absolute Gasteiger partial charge is 0.377 e. The summed E-state index contributed by atoms with van der Waals surface area (Å²) in [6.45, 7) is 8.82. The lowest BCUT2D eigenvalue weighted by Gasteiger charge is -2.62. The van der Waals surface area contributed by atoms with Crippen LogP contribution in [0, 0.1) is 11.3 Å². The van der Waals surface area contributed by atoms with Crippen LogP contribution in [-0.4, -0.2) is 53.1 Å². The first-order chi connectivity index (χ1) is 9.42. The summed E-state index contributed by atoms with van der Waals surface area (Å²) in [6.07, 6.45) is 2.21. The van der Waals surface area contributed by atoms with E-state index < -0.39 is 5.54 Å². The summed E-state index contributed by atoms with van der Waals surface area (Å²) >= 11 is 1.98. The van der Waals surface area contributed by atoms with Crippen molar-refractivity contribution < 1.29 is 9.53 Å². The molecule has 0 aromatic rings. The van der Waals surface area contributed by atoms with Gasteiger partial charge in [-0.2, -0.15) is 11.8 Å². The summed E-state index contributed by atoms with van der Waals surface area (Å²) in [5.74, 6) is 1.40. The maximum Gasteiger partial charge on any atom is 0.243 e. The Bertz CT molecular complexity index is 415. The number of nitrogens with zero attached hydrogens (tertiary/aromatic N) is 1. The zero-order chi connectivity index (χ0) is 14.5. The first-order valence-electron chi connectivity index (χ1n) is 7.74. The third-order valence-electron chi connectivity index (χ3n) is 5.69. The van der Waals surface area contributed by atoms with Crippen LogP contribution in [0.1, 0.15) is 33.6 Å². The maximum absolute atomic E-state index is 13.1. The number of nitrogens with two attached hydrogens (primary N) is 1. The first-order valence-corrected chi connectivity index (χ1v) is 8.79. The van der Waals surface area contributed by atoms with Crippen LogP contribution in [0.5, 0.6) is 0 Å². The molecule has 3 aliphatic rings. The molecule has 4 unspecified atom stereocenters. The number of fused-ring (bicyclic) bond motifs is 1. The van der Waals surface area contributed by atoms with E-state index in [2.05, 4.69) is 20.8 Å². The lowest BCUT2D eigenvalue weighted by atomic mass is 9.47. The van der Waals surface area contributed by atoms with E-state index in [1.165, 1.54) is 0 Å². The molecule has 1 amide bonds. The van der Waals surface area contributed by atoms with Gasteiger partial charge in [-0.05, 0) is 12.8 Å². The fourth-order valence-electron chi connectivity index (χ4n) is 4.23. The Balaban J connectivity index is 1.79. The van der Waals surface area contributed by atoms with Crippen LogP contribution < -0.4 is 5.73 Å². The average molecular weight is 298 g/mol. The number of thioether (sulfide) groups is 1. The molecule has 114 valence electrons. The van der Waals surface area contributed by atoms with Crippen molar-refractivity contribution in [2.75, 3.05) is 25.4 Å². The number of hydrogen-bond donors (Lipinski definition) is 1. The van der Waals surface area contributed by atoms with Crippen LogP contribution in [-0.2, 0) is 9.53 Å². The Morgan fingerprint density at radius 3 is 2.95 bits per heavy atom. The van der Waals surface area contributed by atoms with Gasteiger partial charge in [0, 0.05) is 42.0 Å². The minimum Gasteiger partial charge on any atom is -0.377 e. The Morgan fingerprint density at radius 1 is 1.50 bits per heavy atom. The van der Waals surface area contributed by atoms with Crippen molar-refractivity contribution in [3.05, 3.63) is 0 Å². The zero-order valence-electron chi connectivity index (χ0n) is 12.7. The fraction of sp³-hybridized carbons (Fsp3) is 0.933. The smallest absolute Gasteiger partial charge is 0.243 e. The highest BCUT2D eigenvalue weighted by molar-refractivity contribution is 8.00. The third kappa shape index (κ3) is 1.79. The van der Waals surface area contributed by atoms with Gasteiger partial charge in [-0.25, -0.2) is 0 Å². The van der Waals surface area contributed by atoms with Gasteiger partial charge in [-0.15, -0.1) is 0 Å². The van der Waals surface area contributed by atoms with Gasteiger partial charge in [-0.3, -0.25) is 4.79 Å². The van der Waals surface area contributed by atoms with Gasteiger partial charge in [0.25, 0.3) is 0 Å². The highest BCUT2D eigenvalue weighted by Gasteiger charge is 2.71. The summed E-state index contributed by atoms with van der Waals surface area (Å²) in [4.78, 5) is 15.1. The maximum atomic E-state index is 13.1. The van der Waals surface area contributed by atoms with Gasteiger partial charge in [0.15, 0.2) is 0 Å². The quantitative estimate of drug-likeness (QED) is 0.839. The Hall–Kier alpha value is -0.260. The van der Waals surface area contributed by atoms with Crippen LogP contribution in [0.25, 0.3) is 0 Å². The molecule has 0 aromatic heterocycles. The fourth-order valence-corrected chi connectivity index (χ4v) is 5.41. The molecule has 0 bridgehead atoms. The molecule has 3 rings (SSSR count). The van der Waals surface area contributed by atoms with E-state index in [4.69, 9.17) is 10.5 Å². The van der Waals surface area contributed by atoms with Crippen molar-refractivity contribution in [3.63, 3.8) is 0 Å². The Morgan fingerprint density at radius 2 is 2.25 bits per heavy atom. The van der Waals surface area contributed by atoms with Crippen molar-refractivity contribution in [3.8, 4) is 0 Å². The molecular formula is C15H26N2O2S. The standard InChI is InChI=1S/C15H26N2O2S/c1-4-10-9-17(6-8-20-10)13(18)15(16)11-5-7-19-12(11)14(15,2)3/h10-12H,4-9,16H2,1-3H3. The Kier molecular flexibility index (Phi) is 3.58. The highest BCUT2D eigenvalue weighted by atomic mass is 32.2. The van der Waals surface area contributed by atoms with Crippen LogP contribution in [0.4, 0.5) is 0 Å². The Labute approximate surface area is 125 Å². The number of amides is 1. The molecule has 2 aliphatic heterocycles. The molecule has 3 fully saturated rings.